The maximum atomic E-state index is 11.8. The Morgan fingerprint density at radius 2 is 2.30 bits per heavy atom. The van der Waals surface area contributed by atoms with Crippen LogP contribution in [0.5, 0.6) is 5.75 Å². The number of piperidine rings is 1. The van der Waals surface area contributed by atoms with Crippen molar-refractivity contribution in [3.8, 4) is 5.75 Å². The Bertz CT molecular complexity index is 425. The second-order valence-corrected chi connectivity index (χ2v) is 5.52. The Morgan fingerprint density at radius 1 is 1.45 bits per heavy atom. The number of hydrogen-bond acceptors (Lipinski definition) is 3. The molecule has 2 N–H and O–H groups in total. The van der Waals surface area contributed by atoms with Crippen molar-refractivity contribution in [2.45, 2.75) is 25.3 Å². The van der Waals surface area contributed by atoms with Crippen LogP contribution in [0.3, 0.4) is 0 Å². The lowest BCUT2D eigenvalue weighted by Crippen LogP contribution is -2.47. The number of hydrogen-bond donors (Lipinski definition) is 2. The van der Waals surface area contributed by atoms with Gasteiger partial charge in [-0.15, -0.1) is 12.4 Å². The van der Waals surface area contributed by atoms with Gasteiger partial charge >= 0.3 is 0 Å². The topological polar surface area (TPSA) is 50.4 Å². The van der Waals surface area contributed by atoms with E-state index in [1.54, 1.807) is 0 Å². The second-order valence-electron chi connectivity index (χ2n) is 4.60. The molecule has 4 nitrogen and oxygen atoms in total. The number of nitrogens with one attached hydrogen (secondary N) is 2. The standard InChI is InChI=1S/C14H19BrN2O2.ClH/c15-11-4-3-5-12(10-11)19-9-8-17-14(18)13-6-1-2-7-16-13;/h3-5,10,13,16H,1-2,6-9H2,(H,17,18);1H. The van der Waals surface area contributed by atoms with E-state index in [1.807, 2.05) is 24.3 Å². The number of benzene rings is 1. The summed E-state index contributed by atoms with van der Waals surface area (Å²) in [7, 11) is 0. The van der Waals surface area contributed by atoms with Crippen LogP contribution >= 0.6 is 28.3 Å². The van der Waals surface area contributed by atoms with E-state index >= 15 is 0 Å². The van der Waals surface area contributed by atoms with Crippen molar-refractivity contribution in [3.05, 3.63) is 28.7 Å². The molecule has 1 fully saturated rings. The molecule has 0 aliphatic carbocycles. The number of carbonyl (C=O) groups is 1. The highest BCUT2D eigenvalue weighted by Crippen LogP contribution is 2.17. The first-order valence-electron chi connectivity index (χ1n) is 6.65. The average molecular weight is 364 g/mol. The minimum Gasteiger partial charge on any atom is -0.492 e. The third kappa shape index (κ3) is 5.69. The van der Waals surface area contributed by atoms with Gasteiger partial charge in [0.15, 0.2) is 0 Å². The minimum absolute atomic E-state index is 0. The Hall–Kier alpha value is -0.780. The smallest absolute Gasteiger partial charge is 0.237 e. The largest absolute Gasteiger partial charge is 0.492 e. The molecular formula is C14H20BrClN2O2. The molecule has 0 spiro atoms. The lowest BCUT2D eigenvalue weighted by atomic mass is 10.0. The van der Waals surface area contributed by atoms with E-state index in [-0.39, 0.29) is 24.4 Å². The molecule has 1 aliphatic rings. The average Bonchev–Trinajstić information content (AvgIpc) is 2.44. The van der Waals surface area contributed by atoms with Crippen LogP contribution in [0.4, 0.5) is 0 Å². The van der Waals surface area contributed by atoms with Crippen LogP contribution in [0, 0.1) is 0 Å². The van der Waals surface area contributed by atoms with E-state index in [1.165, 1.54) is 0 Å². The van der Waals surface area contributed by atoms with Crippen molar-refractivity contribution in [1.82, 2.24) is 10.6 Å². The summed E-state index contributed by atoms with van der Waals surface area (Å²) in [5.41, 5.74) is 0. The van der Waals surface area contributed by atoms with Crippen molar-refractivity contribution < 1.29 is 9.53 Å². The molecule has 1 aliphatic heterocycles. The van der Waals surface area contributed by atoms with Gasteiger partial charge in [-0.2, -0.15) is 0 Å². The van der Waals surface area contributed by atoms with Gasteiger partial charge in [-0.3, -0.25) is 4.79 Å². The van der Waals surface area contributed by atoms with E-state index in [0.29, 0.717) is 13.2 Å². The van der Waals surface area contributed by atoms with E-state index in [0.717, 1.165) is 36.0 Å². The number of ether oxygens (including phenoxy) is 1. The van der Waals surface area contributed by atoms with Crippen molar-refractivity contribution in [2.75, 3.05) is 19.7 Å². The second kappa shape index (κ2) is 9.21. The lowest BCUT2D eigenvalue weighted by Gasteiger charge is -2.22. The van der Waals surface area contributed by atoms with E-state index in [9.17, 15) is 4.79 Å². The maximum absolute atomic E-state index is 11.8. The highest BCUT2D eigenvalue weighted by molar-refractivity contribution is 9.10. The molecule has 1 aromatic carbocycles. The fraction of sp³-hybridized carbons (Fsp3) is 0.500. The number of rotatable bonds is 5. The van der Waals surface area contributed by atoms with Crippen molar-refractivity contribution in [1.29, 1.82) is 0 Å². The van der Waals surface area contributed by atoms with Gasteiger partial charge in [-0.1, -0.05) is 28.4 Å². The molecule has 1 atom stereocenters. The molecule has 20 heavy (non-hydrogen) atoms. The molecule has 0 bridgehead atoms. The van der Waals surface area contributed by atoms with Crippen molar-refractivity contribution in [2.24, 2.45) is 0 Å². The van der Waals surface area contributed by atoms with Crippen molar-refractivity contribution in [3.63, 3.8) is 0 Å². The highest BCUT2D eigenvalue weighted by Gasteiger charge is 2.19. The fourth-order valence-electron chi connectivity index (χ4n) is 2.10. The molecule has 0 aromatic heterocycles. The zero-order valence-corrected chi connectivity index (χ0v) is 13.6. The van der Waals surface area contributed by atoms with Gasteiger partial charge in [0.1, 0.15) is 12.4 Å². The first kappa shape index (κ1) is 17.3. The molecule has 1 aromatic rings. The molecular weight excluding hydrogens is 344 g/mol. The van der Waals surface area contributed by atoms with Gasteiger partial charge in [0.2, 0.25) is 5.91 Å². The van der Waals surface area contributed by atoms with Gasteiger partial charge in [0.05, 0.1) is 12.6 Å². The van der Waals surface area contributed by atoms with Gasteiger partial charge < -0.3 is 15.4 Å². The summed E-state index contributed by atoms with van der Waals surface area (Å²) in [6.45, 7) is 1.95. The molecule has 0 saturated carbocycles. The zero-order chi connectivity index (χ0) is 13.5. The first-order valence-corrected chi connectivity index (χ1v) is 7.44. The van der Waals surface area contributed by atoms with Crippen LogP contribution in [-0.2, 0) is 4.79 Å². The third-order valence-electron chi connectivity index (χ3n) is 3.09. The van der Waals surface area contributed by atoms with Crippen LogP contribution < -0.4 is 15.4 Å². The fourth-order valence-corrected chi connectivity index (χ4v) is 2.48. The molecule has 1 unspecified atom stereocenters. The first-order chi connectivity index (χ1) is 9.25. The normalized spacial score (nSPS) is 17.9. The SMILES string of the molecule is Cl.O=C(NCCOc1cccc(Br)c1)C1CCCCN1. The lowest BCUT2D eigenvalue weighted by molar-refractivity contribution is -0.123. The molecule has 1 heterocycles. The number of carbonyl (C=O) groups excluding carboxylic acids is 1. The number of halogens is 2. The van der Waals surface area contributed by atoms with E-state index in [4.69, 9.17) is 4.74 Å². The van der Waals surface area contributed by atoms with Crippen LogP contribution in [0.25, 0.3) is 0 Å². The van der Waals surface area contributed by atoms with Crippen LogP contribution in [0.2, 0.25) is 0 Å². The maximum Gasteiger partial charge on any atom is 0.237 e. The molecule has 2 rings (SSSR count). The Morgan fingerprint density at radius 3 is 3.00 bits per heavy atom. The summed E-state index contributed by atoms with van der Waals surface area (Å²) in [6.07, 6.45) is 3.22. The summed E-state index contributed by atoms with van der Waals surface area (Å²) in [5, 5.41) is 6.12. The molecule has 0 radical (unpaired) electrons. The molecule has 6 heteroatoms. The van der Waals surface area contributed by atoms with Gasteiger partial charge in [0.25, 0.3) is 0 Å². The molecule has 1 saturated heterocycles. The Labute approximate surface area is 134 Å². The summed E-state index contributed by atoms with van der Waals surface area (Å²) in [6, 6.07) is 7.65. The highest BCUT2D eigenvalue weighted by atomic mass is 79.9. The predicted octanol–water partition coefficient (Wildman–Crippen LogP) is 2.51. The summed E-state index contributed by atoms with van der Waals surface area (Å²) < 4.78 is 6.55. The van der Waals surface area contributed by atoms with E-state index < -0.39 is 0 Å². The summed E-state index contributed by atoms with van der Waals surface area (Å²) in [4.78, 5) is 11.8. The summed E-state index contributed by atoms with van der Waals surface area (Å²) in [5.74, 6) is 0.886. The zero-order valence-electron chi connectivity index (χ0n) is 11.2. The van der Waals surface area contributed by atoms with Crippen LogP contribution in [-0.4, -0.2) is 31.6 Å². The third-order valence-corrected chi connectivity index (χ3v) is 3.59. The Kier molecular flexibility index (Phi) is 7.95. The molecule has 112 valence electrons. The van der Waals surface area contributed by atoms with Gasteiger partial charge in [0, 0.05) is 4.47 Å². The summed E-state index contributed by atoms with van der Waals surface area (Å²) >= 11 is 3.39. The van der Waals surface area contributed by atoms with Crippen LogP contribution in [0.1, 0.15) is 19.3 Å². The van der Waals surface area contributed by atoms with Gasteiger partial charge in [-0.25, -0.2) is 0 Å². The predicted molar refractivity (Wildman–Crippen MR) is 85.5 cm³/mol. The quantitative estimate of drug-likeness (QED) is 0.790. The monoisotopic (exact) mass is 362 g/mol. The minimum atomic E-state index is -0.0281. The van der Waals surface area contributed by atoms with Crippen molar-refractivity contribution >= 4 is 34.2 Å². The Balaban J connectivity index is 0.00000200. The van der Waals surface area contributed by atoms with Gasteiger partial charge in [-0.05, 0) is 37.6 Å². The van der Waals surface area contributed by atoms with Crippen LogP contribution in [0.15, 0.2) is 28.7 Å². The van der Waals surface area contributed by atoms with E-state index in [2.05, 4.69) is 26.6 Å². The number of amides is 1. The molecule has 1 amide bonds.